The molecule has 0 aromatic carbocycles. The number of carbonyl (C=O) groups is 1. The Hall–Kier alpha value is -1.23. The lowest BCUT2D eigenvalue weighted by Gasteiger charge is -2.29. The van der Waals surface area contributed by atoms with Crippen molar-refractivity contribution in [2.24, 2.45) is 0 Å². The van der Waals surface area contributed by atoms with Crippen LogP contribution in [0, 0.1) is 0 Å². The molecule has 0 unspecified atom stereocenters. The molecule has 0 amide bonds. The molecule has 1 N–H and O–H groups in total. The van der Waals surface area contributed by atoms with Crippen molar-refractivity contribution >= 4 is 5.97 Å². The number of hydrogen-bond donors (Lipinski definition) is 1. The maximum Gasteiger partial charge on any atom is 0.460 e. The third-order valence-electron chi connectivity index (χ3n) is 3.85. The predicted octanol–water partition coefficient (Wildman–Crippen LogP) is 7.76. The predicted molar refractivity (Wildman–Crippen MR) is 86.1 cm³/mol. The molecule has 0 aliphatic carbocycles. The number of carboxylic acid groups (broad SMARTS) is 1. The van der Waals surface area contributed by atoms with E-state index in [0.717, 1.165) is 12.8 Å². The lowest BCUT2D eigenvalue weighted by Crippen LogP contribution is -2.59. The monoisotopic (exact) mass is 452 g/mol. The maximum atomic E-state index is 11.6. The zero-order valence-electron chi connectivity index (χ0n) is 15.9. The molecule has 0 fully saturated rings. The van der Waals surface area contributed by atoms with Gasteiger partial charge >= 0.3 is 30.2 Å². The third-order valence-corrected chi connectivity index (χ3v) is 3.85. The lowest BCUT2D eigenvalue weighted by molar-refractivity contribution is -0.419. The Morgan fingerprint density at radius 2 is 0.862 bits per heavy atom. The number of unbranched alkanes of at least 4 members (excludes halogenated alkanes) is 9. The van der Waals surface area contributed by atoms with Gasteiger partial charge in [0.1, 0.15) is 0 Å². The van der Waals surface area contributed by atoms with Crippen molar-refractivity contribution in [3.8, 4) is 0 Å². The molecular weight excluding hydrogens is 426 g/mol. The number of aliphatic carboxylic acids is 1. The van der Waals surface area contributed by atoms with Gasteiger partial charge < -0.3 is 5.11 Å². The van der Waals surface area contributed by atoms with Crippen molar-refractivity contribution in [2.75, 3.05) is 0 Å². The summed E-state index contributed by atoms with van der Waals surface area (Å²) in [7, 11) is 0. The smallest absolute Gasteiger partial charge is 0.460 e. The van der Waals surface area contributed by atoms with Crippen LogP contribution >= 0.6 is 0 Å². The van der Waals surface area contributed by atoms with Gasteiger partial charge in [-0.15, -0.1) is 0 Å². The Morgan fingerprint density at radius 3 is 1.10 bits per heavy atom. The molecule has 0 saturated heterocycles. The molecule has 0 atom stereocenters. The summed E-state index contributed by atoms with van der Waals surface area (Å²) < 4.78 is 113. The van der Waals surface area contributed by atoms with E-state index in [9.17, 15) is 48.7 Å². The van der Waals surface area contributed by atoms with E-state index in [-0.39, 0.29) is 0 Å². The number of halogens is 10. The topological polar surface area (TPSA) is 37.3 Å². The van der Waals surface area contributed by atoms with Crippen LogP contribution in [0.4, 0.5) is 43.9 Å². The second kappa shape index (κ2) is 13.1. The molecule has 29 heavy (non-hydrogen) atoms. The first-order valence-corrected chi connectivity index (χ1v) is 9.13. The molecule has 176 valence electrons. The summed E-state index contributed by atoms with van der Waals surface area (Å²) >= 11 is 0. The van der Waals surface area contributed by atoms with Gasteiger partial charge in [0.2, 0.25) is 0 Å². The normalized spacial score (nSPS) is 13.1. The van der Waals surface area contributed by atoms with Gasteiger partial charge in [0, 0.05) is 6.42 Å². The van der Waals surface area contributed by atoms with Crippen LogP contribution in [0.1, 0.15) is 77.6 Å². The van der Waals surface area contributed by atoms with E-state index in [1.807, 2.05) is 0 Å². The van der Waals surface area contributed by atoms with Crippen molar-refractivity contribution in [3.05, 3.63) is 0 Å². The Kier molecular flexibility index (Phi) is 13.6. The van der Waals surface area contributed by atoms with Crippen LogP contribution in [0.15, 0.2) is 0 Å². The summed E-state index contributed by atoms with van der Waals surface area (Å²) in [6, 6.07) is 0. The highest BCUT2D eigenvalue weighted by atomic mass is 19.4. The minimum atomic E-state index is -7.14. The first-order valence-electron chi connectivity index (χ1n) is 9.13. The summed E-state index contributed by atoms with van der Waals surface area (Å²) in [5.41, 5.74) is 0. The van der Waals surface area contributed by atoms with Gasteiger partial charge in [-0.25, -0.2) is 0 Å². The molecule has 0 saturated carbocycles. The van der Waals surface area contributed by atoms with Crippen LogP contribution in [0.3, 0.4) is 0 Å². The van der Waals surface area contributed by atoms with Crippen LogP contribution in [0.25, 0.3) is 0 Å². The van der Waals surface area contributed by atoms with Crippen LogP contribution in [-0.2, 0) is 4.79 Å². The SMILES string of the molecule is CCCCCCCCCCCCC(=O)O.FC(F)(F)C(F)(F)C(F)(F)C(F)(F)F. The second-order valence-electron chi connectivity index (χ2n) is 6.47. The molecule has 0 heterocycles. The van der Waals surface area contributed by atoms with E-state index in [1.54, 1.807) is 0 Å². The maximum absolute atomic E-state index is 11.6. The molecular formula is C17H26F10O2. The van der Waals surface area contributed by atoms with Crippen molar-refractivity contribution in [2.45, 2.75) is 102 Å². The number of hydrogen-bond acceptors (Lipinski definition) is 1. The minimum absolute atomic E-state index is 0.344. The third kappa shape index (κ3) is 11.5. The summed E-state index contributed by atoms with van der Waals surface area (Å²) in [5, 5.41) is 8.44. The highest BCUT2D eigenvalue weighted by Crippen LogP contribution is 2.53. The largest absolute Gasteiger partial charge is 0.481 e. The summed E-state index contributed by atoms with van der Waals surface area (Å²) in [5.74, 6) is -14.9. The van der Waals surface area contributed by atoms with Crippen LogP contribution in [0.5, 0.6) is 0 Å². The molecule has 0 aliphatic heterocycles. The minimum Gasteiger partial charge on any atom is -0.481 e. The van der Waals surface area contributed by atoms with Gasteiger partial charge in [0.25, 0.3) is 0 Å². The van der Waals surface area contributed by atoms with Gasteiger partial charge in [-0.1, -0.05) is 64.7 Å². The summed E-state index contributed by atoms with van der Waals surface area (Å²) in [6.07, 6.45) is -1.02. The van der Waals surface area contributed by atoms with E-state index in [4.69, 9.17) is 5.11 Å². The molecule has 0 bridgehead atoms. The molecule has 0 aromatic rings. The molecule has 2 nitrogen and oxygen atoms in total. The molecule has 0 aliphatic rings. The molecule has 0 spiro atoms. The Bertz CT molecular complexity index is 420. The Morgan fingerprint density at radius 1 is 0.586 bits per heavy atom. The van der Waals surface area contributed by atoms with Crippen molar-refractivity contribution < 1.29 is 53.8 Å². The van der Waals surface area contributed by atoms with Gasteiger partial charge in [0.05, 0.1) is 0 Å². The van der Waals surface area contributed by atoms with E-state index in [1.165, 1.54) is 51.4 Å². The molecule has 0 rings (SSSR count). The average molecular weight is 452 g/mol. The fourth-order valence-electron chi connectivity index (χ4n) is 2.12. The van der Waals surface area contributed by atoms with E-state index in [0.29, 0.717) is 6.42 Å². The van der Waals surface area contributed by atoms with E-state index < -0.39 is 30.2 Å². The van der Waals surface area contributed by atoms with Crippen LogP contribution in [0.2, 0.25) is 0 Å². The molecule has 0 radical (unpaired) electrons. The van der Waals surface area contributed by atoms with Crippen molar-refractivity contribution in [1.29, 1.82) is 0 Å². The number of rotatable bonds is 12. The van der Waals surface area contributed by atoms with E-state index >= 15 is 0 Å². The summed E-state index contributed by atoms with van der Waals surface area (Å²) in [4.78, 5) is 10.2. The zero-order valence-corrected chi connectivity index (χ0v) is 15.9. The summed E-state index contributed by atoms with van der Waals surface area (Å²) in [6.45, 7) is 2.24. The van der Waals surface area contributed by atoms with Crippen LogP contribution < -0.4 is 0 Å². The average Bonchev–Trinajstić information content (AvgIpc) is 2.54. The Balaban J connectivity index is 0. The zero-order chi connectivity index (χ0) is 23.4. The number of carboxylic acids is 1. The fourth-order valence-corrected chi connectivity index (χ4v) is 2.12. The van der Waals surface area contributed by atoms with Crippen molar-refractivity contribution in [3.63, 3.8) is 0 Å². The molecule has 0 aromatic heterocycles. The lowest BCUT2D eigenvalue weighted by atomic mass is 10.1. The number of alkyl halides is 10. The highest BCUT2D eigenvalue weighted by Gasteiger charge is 2.82. The van der Waals surface area contributed by atoms with Crippen molar-refractivity contribution in [1.82, 2.24) is 0 Å². The first-order chi connectivity index (χ1) is 13.0. The standard InChI is InChI=1S/C13H26O2.C4F10/c1-2-3-4-5-6-7-8-9-10-11-12-13(14)15;5-1(6,3(9,10)11)2(7,8)4(12,13)14/h2-12H2,1H3,(H,14,15);. The van der Waals surface area contributed by atoms with Gasteiger partial charge in [0.15, 0.2) is 0 Å². The first kappa shape index (κ1) is 30.0. The highest BCUT2D eigenvalue weighted by molar-refractivity contribution is 5.66. The van der Waals surface area contributed by atoms with Gasteiger partial charge in [-0.3, -0.25) is 4.79 Å². The fraction of sp³-hybridized carbons (Fsp3) is 0.941. The molecule has 12 heteroatoms. The Labute approximate surface area is 162 Å². The van der Waals surface area contributed by atoms with Crippen LogP contribution in [-0.4, -0.2) is 35.3 Å². The van der Waals surface area contributed by atoms with Gasteiger partial charge in [-0.05, 0) is 6.42 Å². The second-order valence-corrected chi connectivity index (χ2v) is 6.47. The van der Waals surface area contributed by atoms with E-state index in [2.05, 4.69) is 6.92 Å². The van der Waals surface area contributed by atoms with Gasteiger partial charge in [-0.2, -0.15) is 43.9 Å². The quantitative estimate of drug-likeness (QED) is 0.243.